The number of para-hydroxylation sites is 1. The first-order valence-corrected chi connectivity index (χ1v) is 36.9. The number of thiazole rings is 1. The summed E-state index contributed by atoms with van der Waals surface area (Å²) in [7, 11) is -7.55. The van der Waals surface area contributed by atoms with Crippen molar-refractivity contribution in [1.82, 2.24) is 45.3 Å². The molecule has 0 radical (unpaired) electrons. The van der Waals surface area contributed by atoms with Gasteiger partial charge in [-0.15, -0.1) is 21.5 Å². The van der Waals surface area contributed by atoms with E-state index in [-0.39, 0.29) is 54.5 Å². The Bertz CT molecular complexity index is 3770. The number of aryl methyl sites for hydroxylation is 1. The van der Waals surface area contributed by atoms with Gasteiger partial charge in [0, 0.05) is 106 Å². The number of anilines is 3. The van der Waals surface area contributed by atoms with Crippen molar-refractivity contribution in [3.63, 3.8) is 0 Å². The summed E-state index contributed by atoms with van der Waals surface area (Å²) in [5.41, 5.74) is 13.9. The molecule has 0 saturated carbocycles. The van der Waals surface area contributed by atoms with Crippen LogP contribution in [0.1, 0.15) is 96.7 Å². The molecular formula is C63H83N12O15PS3. The van der Waals surface area contributed by atoms with Crippen molar-refractivity contribution >= 4 is 74.0 Å². The molecule has 27 nitrogen and oxygen atoms in total. The van der Waals surface area contributed by atoms with Crippen LogP contribution >= 0.6 is 30.0 Å². The highest BCUT2D eigenvalue weighted by Gasteiger charge is 2.47. The molecule has 94 heavy (non-hydrogen) atoms. The second-order valence-corrected chi connectivity index (χ2v) is 32.1. The number of nitrogens with zero attached hydrogens (tertiary/aromatic N) is 10. The number of phosphoric acid groups is 1. The maximum atomic E-state index is 14.9. The third-order valence-electron chi connectivity index (χ3n) is 17.6. The van der Waals surface area contributed by atoms with E-state index in [4.69, 9.17) is 43.7 Å². The summed E-state index contributed by atoms with van der Waals surface area (Å²) in [6, 6.07) is 21.4. The summed E-state index contributed by atoms with van der Waals surface area (Å²) in [4.78, 5) is 81.7. The van der Waals surface area contributed by atoms with Gasteiger partial charge in [-0.1, -0.05) is 50.2 Å². The zero-order valence-corrected chi connectivity index (χ0v) is 57.4. The lowest BCUT2D eigenvalue weighted by molar-refractivity contribution is -0.141. The zero-order chi connectivity index (χ0) is 67.2. The molecular weight excluding hydrogens is 1290 g/mol. The number of carbonyl (C=O) groups is 3. The van der Waals surface area contributed by atoms with Gasteiger partial charge in [-0.2, -0.15) is 0 Å². The number of hydrogen-bond donors (Lipinski definition) is 4. The van der Waals surface area contributed by atoms with Crippen molar-refractivity contribution in [3.8, 4) is 39.2 Å². The molecule has 5 N–H and O–H groups in total. The first-order chi connectivity index (χ1) is 44.7. The molecule has 2 bridgehead atoms. The number of piperazine rings is 2. The number of carbonyl (C=O) groups excluding carboxylic acids is 3. The number of nitrogen functional groups attached to an aromatic ring is 1. The van der Waals surface area contributed by atoms with Crippen LogP contribution in [-0.4, -0.2) is 196 Å². The molecule has 31 heteroatoms. The largest absolute Gasteiger partial charge is 0.508 e. The Morgan fingerprint density at radius 3 is 2.32 bits per heavy atom. The summed E-state index contributed by atoms with van der Waals surface area (Å²) in [5.74, 6) is -0.452. The minimum Gasteiger partial charge on any atom is -0.476 e. The highest BCUT2D eigenvalue weighted by molar-refractivity contribution is 8.72. The van der Waals surface area contributed by atoms with Crippen LogP contribution in [0.3, 0.4) is 0 Å². The highest BCUT2D eigenvalue weighted by atomic mass is 33.1. The highest BCUT2D eigenvalue weighted by Crippen LogP contribution is 2.42. The number of phosphoric ester groups is 1. The van der Waals surface area contributed by atoms with E-state index in [2.05, 4.69) is 61.7 Å². The van der Waals surface area contributed by atoms with Crippen LogP contribution in [0.2, 0.25) is 0 Å². The Balaban J connectivity index is 0.700. The van der Waals surface area contributed by atoms with E-state index in [1.165, 1.54) is 4.90 Å². The molecule has 508 valence electrons. The number of amides is 2. The molecule has 8 atom stereocenters. The monoisotopic (exact) mass is 1370 g/mol. The summed E-state index contributed by atoms with van der Waals surface area (Å²) in [6.45, 7) is 19.7. The molecule has 8 heterocycles. The molecule has 0 spiro atoms. The zero-order valence-electron chi connectivity index (χ0n) is 54.1. The van der Waals surface area contributed by atoms with E-state index < -0.39 is 76.4 Å². The van der Waals surface area contributed by atoms with E-state index in [0.717, 1.165) is 71.8 Å². The Labute approximate surface area is 554 Å². The molecule has 4 saturated heterocycles. The second kappa shape index (κ2) is 29.9. The fourth-order valence-electron chi connectivity index (χ4n) is 12.6. The predicted molar refractivity (Wildman–Crippen MR) is 355 cm³/mol. The van der Waals surface area contributed by atoms with Crippen molar-refractivity contribution in [2.75, 3.05) is 94.2 Å². The maximum Gasteiger partial charge on any atom is 0.508 e. The van der Waals surface area contributed by atoms with Crippen LogP contribution in [0.15, 0.2) is 89.0 Å². The van der Waals surface area contributed by atoms with Crippen LogP contribution in [0.25, 0.3) is 21.7 Å². The molecule has 6 aromatic rings. The third-order valence-corrected chi connectivity index (χ3v) is 22.3. The number of rotatable bonds is 27. The normalized spacial score (nSPS) is 20.6. The van der Waals surface area contributed by atoms with Crippen LogP contribution < -0.4 is 35.1 Å². The smallest absolute Gasteiger partial charge is 0.476 e. The number of likely N-dealkylation sites (tertiary alicyclic amines) is 1. The van der Waals surface area contributed by atoms with Gasteiger partial charge in [-0.25, -0.2) is 32.3 Å². The first-order valence-electron chi connectivity index (χ1n) is 31.3. The molecule has 2 aromatic carbocycles. The van der Waals surface area contributed by atoms with Gasteiger partial charge in [-0.3, -0.25) is 19.4 Å². The van der Waals surface area contributed by atoms with Crippen LogP contribution in [0.4, 0.5) is 22.0 Å². The van der Waals surface area contributed by atoms with Gasteiger partial charge in [0.1, 0.15) is 43.1 Å². The summed E-state index contributed by atoms with van der Waals surface area (Å²) in [5, 5.41) is 15.9. The number of fused-ring (bicyclic) bond motifs is 2. The van der Waals surface area contributed by atoms with Gasteiger partial charge in [0.15, 0.2) is 27.2 Å². The van der Waals surface area contributed by atoms with Crippen molar-refractivity contribution in [3.05, 3.63) is 102 Å². The number of benzene rings is 2. The number of nitrogens with two attached hydrogens (primary N) is 1. The summed E-state index contributed by atoms with van der Waals surface area (Å²) < 4.78 is 74.2. The Kier molecular flexibility index (Phi) is 22.1. The molecule has 4 aliphatic rings. The molecule has 4 aromatic heterocycles. The Morgan fingerprint density at radius 2 is 1.63 bits per heavy atom. The molecule has 4 aliphatic heterocycles. The van der Waals surface area contributed by atoms with E-state index in [1.807, 2.05) is 70.2 Å². The predicted octanol–water partition coefficient (Wildman–Crippen LogP) is 7.91. The SMILES string of the molecule is Cc1ncsc1-c1ccc([C@H](C)NC(=O)[C@@H]2C[C@@H](OC(=O)OC(C)C(C)(C)SS(C)(=O)=O)CN2C(=O)C(c2cc(OCCN3CCN(CCOc4cc(N5C6CCC5CN(c5cc(-c7ccccc7OCOP(=O)(O)O)nnc5N)C6)ccn4)[C@H](C)C3)no2)C(C)C)cc1. The Morgan fingerprint density at radius 1 is 0.904 bits per heavy atom. The lowest BCUT2D eigenvalue weighted by Crippen LogP contribution is -2.54. The number of nitrogens with one attached hydrogen (secondary N) is 1. The molecule has 2 amide bonds. The number of aromatic nitrogens is 5. The quantitative estimate of drug-likeness (QED) is 0.0165. The summed E-state index contributed by atoms with van der Waals surface area (Å²) >= 11 is 1.55. The van der Waals surface area contributed by atoms with E-state index in [0.29, 0.717) is 73.1 Å². The summed E-state index contributed by atoms with van der Waals surface area (Å²) in [6.07, 6.45) is 1.94. The van der Waals surface area contributed by atoms with E-state index >= 15 is 0 Å². The molecule has 0 aliphatic carbocycles. The average molecular weight is 1380 g/mol. The minimum absolute atomic E-state index is 0.0261. The van der Waals surface area contributed by atoms with Crippen molar-refractivity contribution < 1.29 is 69.9 Å². The van der Waals surface area contributed by atoms with Crippen LogP contribution in [0.5, 0.6) is 17.5 Å². The van der Waals surface area contributed by atoms with Crippen LogP contribution in [0, 0.1) is 12.8 Å². The lowest BCUT2D eigenvalue weighted by Gasteiger charge is -2.43. The Hall–Kier alpha value is -7.15. The topological polar surface area (TPSA) is 330 Å². The van der Waals surface area contributed by atoms with Crippen molar-refractivity contribution in [2.24, 2.45) is 5.92 Å². The number of ether oxygens (including phenoxy) is 5. The van der Waals surface area contributed by atoms with Crippen molar-refractivity contribution in [2.45, 2.75) is 128 Å². The second-order valence-electron chi connectivity index (χ2n) is 25.1. The van der Waals surface area contributed by atoms with Crippen molar-refractivity contribution in [1.29, 1.82) is 0 Å². The van der Waals surface area contributed by atoms with Gasteiger partial charge in [0.05, 0.1) is 44.8 Å². The molecule has 4 unspecified atom stereocenters. The van der Waals surface area contributed by atoms with E-state index in [1.54, 1.807) is 74.1 Å². The van der Waals surface area contributed by atoms with E-state index in [9.17, 15) is 27.4 Å². The fourth-order valence-corrected chi connectivity index (χ4v) is 17.3. The van der Waals surface area contributed by atoms with Crippen LogP contribution in [-0.2, 0) is 37.0 Å². The first kappa shape index (κ1) is 69.7. The third kappa shape index (κ3) is 17.5. The van der Waals surface area contributed by atoms with Gasteiger partial charge in [-0.05, 0) is 112 Å². The lowest BCUT2D eigenvalue weighted by atomic mass is 9.91. The van der Waals surface area contributed by atoms with Gasteiger partial charge in [0.2, 0.25) is 17.7 Å². The number of hydrogen-bond acceptors (Lipinski definition) is 25. The standard InChI is InChI=1S/C63H83N12O15PS3/c1-38(2)57(61(77)74-35-48(89-62(78)88-42(6)63(7,8)93-94(9,82)83)29-52(74)60(76)67-40(4)43-14-16-44(17-15-43)58-41(5)66-36-92-58)54-31-56(70-90-54)85-26-24-71-22-23-72(39(3)32-71)25-27-84-55-28-45(20-21-65-55)75-46-18-19-47(75)34-73(33-46)51-30-50(68-69-59(51)64)49-12-10-11-13-53(49)86-37-87-91(79,80)81/h10-17,20-21,28,30-31,36,38-40,42,46-48,52,57H,18-19,22-27,29,32-35,37H2,1-9H3,(H2,64,69)(H,67,76)(H2,79,80,81)/t39-,40+,42?,46?,47?,48-,52+,57?/m1/s1. The minimum atomic E-state index is -4.73. The molecule has 10 rings (SSSR count). The average Bonchev–Trinajstić information content (AvgIpc) is 1.54. The van der Waals surface area contributed by atoms with Gasteiger partial charge < -0.3 is 63.7 Å². The number of pyridine rings is 1. The molecule has 4 fully saturated rings. The van der Waals surface area contributed by atoms with Gasteiger partial charge in [0.25, 0.3) is 5.88 Å². The van der Waals surface area contributed by atoms with Gasteiger partial charge >= 0.3 is 14.0 Å². The fraction of sp³-hybridized carbons (Fsp3) is 0.524. The maximum absolute atomic E-state index is 14.9.